The molecule has 0 saturated carbocycles. The fraction of sp³-hybridized carbons (Fsp3) is 0.500. The van der Waals surface area contributed by atoms with Crippen molar-refractivity contribution >= 4 is 5.78 Å². The van der Waals surface area contributed by atoms with Crippen LogP contribution in [0.4, 0.5) is 8.78 Å². The van der Waals surface area contributed by atoms with Crippen LogP contribution >= 0.6 is 0 Å². The van der Waals surface area contributed by atoms with E-state index in [1.165, 1.54) is 0 Å². The molecule has 0 bridgehead atoms. The van der Waals surface area contributed by atoms with Gasteiger partial charge in [0.05, 0.1) is 12.1 Å². The first-order valence-corrected chi connectivity index (χ1v) is 6.21. The van der Waals surface area contributed by atoms with Crippen LogP contribution in [-0.2, 0) is 0 Å². The predicted molar refractivity (Wildman–Crippen MR) is 67.7 cm³/mol. The Kier molecular flexibility index (Phi) is 5.41. The molecule has 18 heavy (non-hydrogen) atoms. The summed E-state index contributed by atoms with van der Waals surface area (Å²) in [7, 11) is 0. The molecule has 0 aliphatic rings. The molecular formula is C14H19F2NO. The lowest BCUT2D eigenvalue weighted by Crippen LogP contribution is -2.37. The molecule has 0 aliphatic heterocycles. The van der Waals surface area contributed by atoms with Gasteiger partial charge >= 0.3 is 0 Å². The fourth-order valence-corrected chi connectivity index (χ4v) is 1.82. The van der Waals surface area contributed by atoms with Crippen LogP contribution < -0.4 is 0 Å². The lowest BCUT2D eigenvalue weighted by atomic mass is 10.1. The van der Waals surface area contributed by atoms with Gasteiger partial charge in [-0.1, -0.05) is 13.8 Å². The highest BCUT2D eigenvalue weighted by atomic mass is 19.1. The molecule has 2 nitrogen and oxygen atoms in total. The second-order valence-corrected chi connectivity index (χ2v) is 4.37. The van der Waals surface area contributed by atoms with Gasteiger partial charge in [0.25, 0.3) is 0 Å². The van der Waals surface area contributed by atoms with Crippen molar-refractivity contribution in [1.82, 2.24) is 4.90 Å². The minimum absolute atomic E-state index is 0.117. The predicted octanol–water partition coefficient (Wildman–Crippen LogP) is 3.27. The molecule has 1 aromatic rings. The first-order valence-electron chi connectivity index (χ1n) is 6.21. The normalized spacial score (nSPS) is 12.8. The zero-order chi connectivity index (χ0) is 13.7. The molecule has 0 N–H and O–H groups in total. The number of Topliss-reactive ketones (excluding diaryl/α,β-unsaturated/α-hetero) is 1. The summed E-state index contributed by atoms with van der Waals surface area (Å²) < 4.78 is 26.5. The third-order valence-electron chi connectivity index (χ3n) is 3.20. The summed E-state index contributed by atoms with van der Waals surface area (Å²) in [6.07, 6.45) is 0.909. The van der Waals surface area contributed by atoms with E-state index in [-0.39, 0.29) is 23.9 Å². The molecule has 0 fully saturated rings. The van der Waals surface area contributed by atoms with Crippen LogP contribution in [0.5, 0.6) is 0 Å². The van der Waals surface area contributed by atoms with Crippen LogP contribution in [0.25, 0.3) is 0 Å². The first-order chi connectivity index (χ1) is 8.49. The molecule has 1 unspecified atom stereocenters. The molecule has 1 aromatic carbocycles. The number of ketones is 1. The summed E-state index contributed by atoms with van der Waals surface area (Å²) in [6, 6.07) is 3.21. The van der Waals surface area contributed by atoms with E-state index in [9.17, 15) is 13.6 Å². The molecule has 4 heteroatoms. The SMILES string of the molecule is CCC(C)N(CC)CC(=O)c1cc(F)ccc1F. The smallest absolute Gasteiger partial charge is 0.179 e. The van der Waals surface area contributed by atoms with E-state index >= 15 is 0 Å². The average molecular weight is 255 g/mol. The third-order valence-corrected chi connectivity index (χ3v) is 3.20. The molecule has 0 aromatic heterocycles. The monoisotopic (exact) mass is 255 g/mol. The van der Waals surface area contributed by atoms with E-state index in [1.807, 2.05) is 25.7 Å². The zero-order valence-electron chi connectivity index (χ0n) is 11.0. The summed E-state index contributed by atoms with van der Waals surface area (Å²) in [5, 5.41) is 0. The van der Waals surface area contributed by atoms with Gasteiger partial charge in [-0.15, -0.1) is 0 Å². The van der Waals surface area contributed by atoms with Gasteiger partial charge in [-0.3, -0.25) is 9.69 Å². The van der Waals surface area contributed by atoms with E-state index in [2.05, 4.69) is 0 Å². The minimum Gasteiger partial charge on any atom is -0.293 e. The van der Waals surface area contributed by atoms with Crippen LogP contribution in [0.1, 0.15) is 37.6 Å². The van der Waals surface area contributed by atoms with Crippen LogP contribution in [0, 0.1) is 11.6 Å². The van der Waals surface area contributed by atoms with Gasteiger partial charge in [0, 0.05) is 6.04 Å². The Balaban J connectivity index is 2.84. The number of nitrogens with zero attached hydrogens (tertiary/aromatic N) is 1. The summed E-state index contributed by atoms with van der Waals surface area (Å²) >= 11 is 0. The van der Waals surface area contributed by atoms with Crippen molar-refractivity contribution in [2.24, 2.45) is 0 Å². The third kappa shape index (κ3) is 3.60. The Morgan fingerprint density at radius 3 is 2.56 bits per heavy atom. The van der Waals surface area contributed by atoms with Crippen LogP contribution in [-0.4, -0.2) is 29.8 Å². The standard InChI is InChI=1S/C14H19F2NO/c1-4-10(3)17(5-2)9-14(18)12-8-11(15)6-7-13(12)16/h6-8,10H,4-5,9H2,1-3H3. The summed E-state index contributed by atoms with van der Waals surface area (Å²) in [6.45, 7) is 6.81. The van der Waals surface area contributed by atoms with Crippen molar-refractivity contribution in [2.75, 3.05) is 13.1 Å². The molecule has 1 rings (SSSR count). The fourth-order valence-electron chi connectivity index (χ4n) is 1.82. The van der Waals surface area contributed by atoms with Gasteiger partial charge in [0.15, 0.2) is 5.78 Å². The largest absolute Gasteiger partial charge is 0.293 e. The van der Waals surface area contributed by atoms with Crippen molar-refractivity contribution < 1.29 is 13.6 Å². The molecule has 1 atom stereocenters. The van der Waals surface area contributed by atoms with E-state index in [4.69, 9.17) is 0 Å². The Labute approximate surface area is 107 Å². The molecule has 0 radical (unpaired) electrons. The van der Waals surface area contributed by atoms with Crippen molar-refractivity contribution in [1.29, 1.82) is 0 Å². The maximum absolute atomic E-state index is 13.5. The van der Waals surface area contributed by atoms with E-state index in [0.717, 1.165) is 24.6 Å². The lowest BCUT2D eigenvalue weighted by molar-refractivity contribution is 0.0898. The Morgan fingerprint density at radius 2 is 2.00 bits per heavy atom. The summed E-state index contributed by atoms with van der Waals surface area (Å²) in [5.74, 6) is -1.64. The molecule has 0 amide bonds. The highest BCUT2D eigenvalue weighted by Gasteiger charge is 2.18. The molecular weight excluding hydrogens is 236 g/mol. The van der Waals surface area contributed by atoms with Crippen molar-refractivity contribution in [3.8, 4) is 0 Å². The van der Waals surface area contributed by atoms with E-state index < -0.39 is 11.6 Å². The molecule has 0 heterocycles. The minimum atomic E-state index is -0.665. The lowest BCUT2D eigenvalue weighted by Gasteiger charge is -2.26. The highest BCUT2D eigenvalue weighted by molar-refractivity contribution is 5.97. The second kappa shape index (κ2) is 6.59. The number of hydrogen-bond acceptors (Lipinski definition) is 2. The molecule has 0 aliphatic carbocycles. The number of halogens is 2. The average Bonchev–Trinajstić information content (AvgIpc) is 2.37. The quantitative estimate of drug-likeness (QED) is 0.727. The van der Waals surface area contributed by atoms with Gasteiger partial charge in [-0.05, 0) is 38.1 Å². The number of benzene rings is 1. The van der Waals surface area contributed by atoms with Gasteiger partial charge < -0.3 is 0 Å². The van der Waals surface area contributed by atoms with Crippen molar-refractivity contribution in [3.63, 3.8) is 0 Å². The first kappa shape index (κ1) is 14.8. The number of rotatable bonds is 6. The maximum Gasteiger partial charge on any atom is 0.179 e. The van der Waals surface area contributed by atoms with Gasteiger partial charge in [0.1, 0.15) is 11.6 Å². The number of hydrogen-bond donors (Lipinski definition) is 0. The van der Waals surface area contributed by atoms with Crippen molar-refractivity contribution in [3.05, 3.63) is 35.4 Å². The summed E-state index contributed by atoms with van der Waals surface area (Å²) in [5.41, 5.74) is -0.170. The summed E-state index contributed by atoms with van der Waals surface area (Å²) in [4.78, 5) is 13.9. The second-order valence-electron chi connectivity index (χ2n) is 4.37. The van der Waals surface area contributed by atoms with Gasteiger partial charge in [-0.25, -0.2) is 8.78 Å². The van der Waals surface area contributed by atoms with Gasteiger partial charge in [-0.2, -0.15) is 0 Å². The number of carbonyl (C=O) groups excluding carboxylic acids is 1. The van der Waals surface area contributed by atoms with Crippen molar-refractivity contribution in [2.45, 2.75) is 33.2 Å². The Hall–Kier alpha value is -1.29. The Bertz CT molecular complexity index is 420. The molecule has 0 spiro atoms. The highest BCUT2D eigenvalue weighted by Crippen LogP contribution is 2.12. The Morgan fingerprint density at radius 1 is 1.33 bits per heavy atom. The number of likely N-dealkylation sites (N-methyl/N-ethyl adjacent to an activating group) is 1. The maximum atomic E-state index is 13.5. The molecule has 100 valence electrons. The van der Waals surface area contributed by atoms with Crippen LogP contribution in [0.15, 0.2) is 18.2 Å². The number of carbonyl (C=O) groups is 1. The van der Waals surface area contributed by atoms with E-state index in [1.54, 1.807) is 0 Å². The topological polar surface area (TPSA) is 20.3 Å². The zero-order valence-corrected chi connectivity index (χ0v) is 11.0. The van der Waals surface area contributed by atoms with Crippen LogP contribution in [0.3, 0.4) is 0 Å². The molecule has 0 saturated heterocycles. The van der Waals surface area contributed by atoms with Gasteiger partial charge in [0.2, 0.25) is 0 Å². The van der Waals surface area contributed by atoms with Crippen LogP contribution in [0.2, 0.25) is 0 Å². The van der Waals surface area contributed by atoms with E-state index in [0.29, 0.717) is 6.54 Å².